The van der Waals surface area contributed by atoms with Crippen LogP contribution in [0.5, 0.6) is 0 Å². The van der Waals surface area contributed by atoms with Crippen LogP contribution in [0.2, 0.25) is 0 Å². The van der Waals surface area contributed by atoms with E-state index in [9.17, 15) is 0 Å². The minimum absolute atomic E-state index is 0.963. The van der Waals surface area contributed by atoms with E-state index in [4.69, 9.17) is 0 Å². The van der Waals surface area contributed by atoms with Gasteiger partial charge in [0.1, 0.15) is 0 Å². The average Bonchev–Trinajstić information content (AvgIpc) is 2.67. The molecule has 0 spiro atoms. The van der Waals surface area contributed by atoms with Crippen LogP contribution in [-0.4, -0.2) is 11.1 Å². The quantitative estimate of drug-likeness (QED) is 0.823. The second-order valence-corrected chi connectivity index (χ2v) is 5.35. The molecule has 19 heavy (non-hydrogen) atoms. The van der Waals surface area contributed by atoms with Gasteiger partial charge >= 0.3 is 0 Å². The standard InChI is InChI=1S/C17H26N2/c1-5-7-10-19-14(4)13(3)16-11-15(12-18-6-2)8-9-17(16)19/h8-9,11,18H,5-7,10,12H2,1-4H3. The summed E-state index contributed by atoms with van der Waals surface area (Å²) in [5, 5.41) is 4.82. The van der Waals surface area contributed by atoms with Gasteiger partial charge in [0.05, 0.1) is 0 Å². The molecule has 0 aliphatic carbocycles. The third-order valence-electron chi connectivity index (χ3n) is 4.02. The highest BCUT2D eigenvalue weighted by molar-refractivity contribution is 5.86. The second kappa shape index (κ2) is 6.25. The van der Waals surface area contributed by atoms with E-state index in [1.54, 1.807) is 0 Å². The summed E-state index contributed by atoms with van der Waals surface area (Å²) in [6.07, 6.45) is 2.50. The van der Waals surface area contributed by atoms with Crippen molar-refractivity contribution in [3.8, 4) is 0 Å². The number of benzene rings is 1. The Kier molecular flexibility index (Phi) is 4.65. The number of aromatic nitrogens is 1. The molecule has 104 valence electrons. The Morgan fingerprint density at radius 3 is 2.63 bits per heavy atom. The first kappa shape index (κ1) is 14.1. The molecule has 0 saturated heterocycles. The zero-order chi connectivity index (χ0) is 13.8. The molecule has 1 aromatic carbocycles. The van der Waals surface area contributed by atoms with Gasteiger partial charge in [0.15, 0.2) is 0 Å². The molecule has 0 bridgehead atoms. The van der Waals surface area contributed by atoms with E-state index in [2.05, 4.69) is 55.8 Å². The van der Waals surface area contributed by atoms with Crippen molar-refractivity contribution in [3.05, 3.63) is 35.0 Å². The smallest absolute Gasteiger partial charge is 0.0485 e. The van der Waals surface area contributed by atoms with E-state index in [1.165, 1.54) is 40.6 Å². The fraction of sp³-hybridized carbons (Fsp3) is 0.529. The third kappa shape index (κ3) is 2.84. The normalized spacial score (nSPS) is 11.4. The molecule has 2 rings (SSSR count). The van der Waals surface area contributed by atoms with Gasteiger partial charge < -0.3 is 9.88 Å². The molecule has 2 aromatic rings. The van der Waals surface area contributed by atoms with Crippen molar-refractivity contribution in [1.29, 1.82) is 0 Å². The predicted octanol–water partition coefficient (Wildman–Crippen LogP) is 4.17. The zero-order valence-corrected chi connectivity index (χ0v) is 12.7. The van der Waals surface area contributed by atoms with Crippen LogP contribution >= 0.6 is 0 Å². The molecule has 0 aliphatic heterocycles. The number of fused-ring (bicyclic) bond motifs is 1. The van der Waals surface area contributed by atoms with Gasteiger partial charge in [-0.1, -0.05) is 26.3 Å². The van der Waals surface area contributed by atoms with Crippen molar-refractivity contribution in [2.45, 2.75) is 53.6 Å². The summed E-state index contributed by atoms with van der Waals surface area (Å²) in [5.74, 6) is 0. The highest BCUT2D eigenvalue weighted by Gasteiger charge is 2.10. The largest absolute Gasteiger partial charge is 0.345 e. The fourth-order valence-electron chi connectivity index (χ4n) is 2.68. The van der Waals surface area contributed by atoms with Gasteiger partial charge in [0.25, 0.3) is 0 Å². The molecule has 2 heteroatoms. The summed E-state index contributed by atoms with van der Waals surface area (Å²) in [7, 11) is 0. The van der Waals surface area contributed by atoms with Gasteiger partial charge in [-0.3, -0.25) is 0 Å². The number of hydrogen-bond donors (Lipinski definition) is 1. The zero-order valence-electron chi connectivity index (χ0n) is 12.7. The Labute approximate surface area is 116 Å². The molecule has 0 unspecified atom stereocenters. The highest BCUT2D eigenvalue weighted by Crippen LogP contribution is 2.26. The lowest BCUT2D eigenvalue weighted by Gasteiger charge is -2.08. The van der Waals surface area contributed by atoms with Gasteiger partial charge in [0, 0.05) is 29.7 Å². The average molecular weight is 258 g/mol. The van der Waals surface area contributed by atoms with Crippen LogP contribution in [0.25, 0.3) is 10.9 Å². The molecule has 0 fully saturated rings. The van der Waals surface area contributed by atoms with Gasteiger partial charge in [-0.05, 0) is 50.1 Å². The Hall–Kier alpha value is -1.28. The summed E-state index contributed by atoms with van der Waals surface area (Å²) < 4.78 is 2.48. The van der Waals surface area contributed by atoms with Crippen LogP contribution in [0, 0.1) is 13.8 Å². The summed E-state index contributed by atoms with van der Waals surface area (Å²) in [6, 6.07) is 6.90. The summed E-state index contributed by atoms with van der Waals surface area (Å²) >= 11 is 0. The molecule has 0 atom stereocenters. The number of rotatable bonds is 6. The van der Waals surface area contributed by atoms with Gasteiger partial charge in [-0.15, -0.1) is 0 Å². The van der Waals surface area contributed by atoms with Crippen molar-refractivity contribution in [2.75, 3.05) is 6.54 Å². The molecule has 1 aromatic heterocycles. The van der Waals surface area contributed by atoms with Crippen molar-refractivity contribution in [3.63, 3.8) is 0 Å². The maximum Gasteiger partial charge on any atom is 0.0485 e. The van der Waals surface area contributed by atoms with Crippen LogP contribution in [0.15, 0.2) is 18.2 Å². The molecule has 0 amide bonds. The Balaban J connectivity index is 2.40. The lowest BCUT2D eigenvalue weighted by Crippen LogP contribution is -2.11. The number of unbranched alkanes of at least 4 members (excludes halogenated alkanes) is 1. The molecular weight excluding hydrogens is 232 g/mol. The third-order valence-corrected chi connectivity index (χ3v) is 4.02. The summed E-state index contributed by atoms with van der Waals surface area (Å²) in [6.45, 7) is 12.0. The first-order chi connectivity index (χ1) is 9.19. The molecular formula is C17H26N2. The van der Waals surface area contributed by atoms with E-state index >= 15 is 0 Å². The molecule has 2 nitrogen and oxygen atoms in total. The van der Waals surface area contributed by atoms with Crippen molar-refractivity contribution < 1.29 is 0 Å². The Bertz CT molecular complexity index is 552. The van der Waals surface area contributed by atoms with Crippen LogP contribution in [0.4, 0.5) is 0 Å². The minimum atomic E-state index is 0.963. The first-order valence-corrected chi connectivity index (χ1v) is 7.48. The lowest BCUT2D eigenvalue weighted by atomic mass is 10.1. The fourth-order valence-corrected chi connectivity index (χ4v) is 2.68. The van der Waals surface area contributed by atoms with E-state index in [0.717, 1.165) is 19.6 Å². The molecule has 1 N–H and O–H groups in total. The number of nitrogens with one attached hydrogen (secondary N) is 1. The first-order valence-electron chi connectivity index (χ1n) is 7.48. The van der Waals surface area contributed by atoms with E-state index in [0.29, 0.717) is 0 Å². The molecule has 0 saturated carbocycles. The van der Waals surface area contributed by atoms with Crippen molar-refractivity contribution in [1.82, 2.24) is 9.88 Å². The van der Waals surface area contributed by atoms with Crippen molar-refractivity contribution in [2.24, 2.45) is 0 Å². The summed E-state index contributed by atoms with van der Waals surface area (Å²) in [4.78, 5) is 0. The molecule has 1 heterocycles. The monoisotopic (exact) mass is 258 g/mol. The van der Waals surface area contributed by atoms with Crippen molar-refractivity contribution >= 4 is 10.9 Å². The van der Waals surface area contributed by atoms with Crippen LogP contribution in [0.3, 0.4) is 0 Å². The maximum absolute atomic E-state index is 3.40. The van der Waals surface area contributed by atoms with Crippen LogP contribution in [-0.2, 0) is 13.1 Å². The number of aryl methyl sites for hydroxylation is 2. The maximum atomic E-state index is 3.40. The second-order valence-electron chi connectivity index (χ2n) is 5.35. The lowest BCUT2D eigenvalue weighted by molar-refractivity contribution is 0.636. The van der Waals surface area contributed by atoms with E-state index < -0.39 is 0 Å². The summed E-state index contributed by atoms with van der Waals surface area (Å²) in [5.41, 5.74) is 5.63. The van der Waals surface area contributed by atoms with Gasteiger partial charge in [-0.2, -0.15) is 0 Å². The van der Waals surface area contributed by atoms with Gasteiger partial charge in [0.2, 0.25) is 0 Å². The topological polar surface area (TPSA) is 17.0 Å². The van der Waals surface area contributed by atoms with Crippen LogP contribution in [0.1, 0.15) is 43.5 Å². The Morgan fingerprint density at radius 1 is 1.16 bits per heavy atom. The van der Waals surface area contributed by atoms with Crippen LogP contribution < -0.4 is 5.32 Å². The Morgan fingerprint density at radius 2 is 1.95 bits per heavy atom. The predicted molar refractivity (Wildman–Crippen MR) is 83.7 cm³/mol. The number of nitrogens with zero attached hydrogens (tertiary/aromatic N) is 1. The highest BCUT2D eigenvalue weighted by atomic mass is 15.0. The molecule has 0 radical (unpaired) electrons. The van der Waals surface area contributed by atoms with E-state index in [1.807, 2.05) is 0 Å². The number of hydrogen-bond acceptors (Lipinski definition) is 1. The molecule has 0 aliphatic rings. The van der Waals surface area contributed by atoms with Gasteiger partial charge in [-0.25, -0.2) is 0 Å². The minimum Gasteiger partial charge on any atom is -0.345 e. The van der Waals surface area contributed by atoms with E-state index in [-0.39, 0.29) is 0 Å². The SMILES string of the molecule is CCCCn1c(C)c(C)c2cc(CNCC)ccc21.